The van der Waals surface area contributed by atoms with Gasteiger partial charge in [-0.2, -0.15) is 0 Å². The van der Waals surface area contributed by atoms with Gasteiger partial charge >= 0.3 is 0 Å². The van der Waals surface area contributed by atoms with Gasteiger partial charge in [-0.25, -0.2) is 4.98 Å². The van der Waals surface area contributed by atoms with Crippen molar-refractivity contribution in [1.82, 2.24) is 9.55 Å². The molecule has 0 atom stereocenters. The summed E-state index contributed by atoms with van der Waals surface area (Å²) in [5.74, 6) is -0.422. The third-order valence-electron chi connectivity index (χ3n) is 3.52. The van der Waals surface area contributed by atoms with E-state index in [1.807, 2.05) is 13.0 Å². The first-order valence-electron chi connectivity index (χ1n) is 7.31. The average molecular weight is 417 g/mol. The number of amides is 1. The number of aromatic nitrogens is 2. The molecule has 0 aliphatic heterocycles. The lowest BCUT2D eigenvalue weighted by atomic mass is 10.3. The highest BCUT2D eigenvalue weighted by atomic mass is 35.5. The molecule has 0 fully saturated rings. The van der Waals surface area contributed by atoms with Crippen LogP contribution in [0.3, 0.4) is 0 Å². The van der Waals surface area contributed by atoms with E-state index in [1.54, 1.807) is 0 Å². The first-order chi connectivity index (χ1) is 11.9. The number of nitrogens with one attached hydrogen (secondary N) is 1. The number of aryl methyl sites for hydroxylation is 1. The Morgan fingerprint density at radius 1 is 1.20 bits per heavy atom. The Labute approximate surface area is 162 Å². The van der Waals surface area contributed by atoms with Crippen LogP contribution in [0.15, 0.2) is 29.3 Å². The summed E-state index contributed by atoms with van der Waals surface area (Å²) < 4.78 is 1.26. The molecule has 0 saturated heterocycles. The van der Waals surface area contributed by atoms with Crippen LogP contribution in [0.25, 0.3) is 10.2 Å². The molecule has 2 aromatic heterocycles. The summed E-state index contributed by atoms with van der Waals surface area (Å²) in [5.41, 5.74) is 0.0725. The van der Waals surface area contributed by atoms with Crippen LogP contribution < -0.4 is 10.9 Å². The highest BCUT2D eigenvalue weighted by molar-refractivity contribution is 7.18. The standard InChI is InChI=1S/C16H12Cl3N3O2S/c1-2-8-3-9-15(25-8)20-7-22(16(9)24)6-14(23)21-13-5-11(18)10(17)4-12(13)19/h3-5,7H,2,6H2,1H3,(H,21,23). The van der Waals surface area contributed by atoms with Crippen molar-refractivity contribution in [2.75, 3.05) is 5.32 Å². The van der Waals surface area contributed by atoms with Crippen molar-refractivity contribution in [1.29, 1.82) is 0 Å². The number of carbonyl (C=O) groups is 1. The fourth-order valence-electron chi connectivity index (χ4n) is 2.26. The van der Waals surface area contributed by atoms with Crippen LogP contribution >= 0.6 is 46.1 Å². The molecule has 0 radical (unpaired) electrons. The van der Waals surface area contributed by atoms with Crippen molar-refractivity contribution in [2.24, 2.45) is 0 Å². The molecule has 3 aromatic rings. The van der Waals surface area contributed by atoms with Crippen molar-refractivity contribution < 1.29 is 4.79 Å². The van der Waals surface area contributed by atoms with Crippen LogP contribution in [0.2, 0.25) is 15.1 Å². The van der Waals surface area contributed by atoms with Crippen LogP contribution in [0.4, 0.5) is 5.69 Å². The van der Waals surface area contributed by atoms with E-state index in [1.165, 1.54) is 34.4 Å². The smallest absolute Gasteiger partial charge is 0.262 e. The molecule has 0 bridgehead atoms. The van der Waals surface area contributed by atoms with Gasteiger partial charge in [-0.15, -0.1) is 11.3 Å². The molecular formula is C16H12Cl3N3O2S. The molecule has 3 rings (SSSR count). The second-order valence-corrected chi connectivity index (χ2v) is 7.59. The Morgan fingerprint density at radius 2 is 1.92 bits per heavy atom. The van der Waals surface area contributed by atoms with E-state index in [4.69, 9.17) is 34.8 Å². The fraction of sp³-hybridized carbons (Fsp3) is 0.188. The third-order valence-corrected chi connectivity index (χ3v) is 5.74. The monoisotopic (exact) mass is 415 g/mol. The van der Waals surface area contributed by atoms with E-state index in [0.717, 1.165) is 11.3 Å². The van der Waals surface area contributed by atoms with E-state index in [2.05, 4.69) is 10.3 Å². The molecule has 0 saturated carbocycles. The molecule has 1 amide bonds. The minimum Gasteiger partial charge on any atom is -0.323 e. The summed E-state index contributed by atoms with van der Waals surface area (Å²) in [4.78, 5) is 30.7. The maximum absolute atomic E-state index is 12.5. The zero-order valence-electron chi connectivity index (χ0n) is 13.0. The molecule has 1 N–H and O–H groups in total. The molecule has 0 unspecified atom stereocenters. The molecule has 2 heterocycles. The number of fused-ring (bicyclic) bond motifs is 1. The predicted molar refractivity (Wildman–Crippen MR) is 103 cm³/mol. The zero-order valence-corrected chi connectivity index (χ0v) is 16.1. The van der Waals surface area contributed by atoms with E-state index in [0.29, 0.717) is 20.9 Å². The first-order valence-corrected chi connectivity index (χ1v) is 9.26. The first kappa shape index (κ1) is 18.2. The maximum atomic E-state index is 12.5. The number of rotatable bonds is 4. The highest BCUT2D eigenvalue weighted by Crippen LogP contribution is 2.32. The summed E-state index contributed by atoms with van der Waals surface area (Å²) in [6.07, 6.45) is 2.20. The minimum absolute atomic E-state index is 0.185. The van der Waals surface area contributed by atoms with Crippen molar-refractivity contribution in [3.63, 3.8) is 0 Å². The number of thiophene rings is 1. The molecule has 0 aliphatic carbocycles. The van der Waals surface area contributed by atoms with E-state index >= 15 is 0 Å². The molecule has 9 heteroatoms. The maximum Gasteiger partial charge on any atom is 0.262 e. The van der Waals surface area contributed by atoms with Crippen LogP contribution in [0, 0.1) is 0 Å². The van der Waals surface area contributed by atoms with Gasteiger partial charge in [0.15, 0.2) is 0 Å². The van der Waals surface area contributed by atoms with Gasteiger partial charge in [0.05, 0.1) is 32.5 Å². The van der Waals surface area contributed by atoms with E-state index in [-0.39, 0.29) is 22.1 Å². The quantitative estimate of drug-likeness (QED) is 0.631. The molecule has 130 valence electrons. The van der Waals surface area contributed by atoms with Gasteiger partial charge in [0.25, 0.3) is 5.56 Å². The Balaban J connectivity index is 1.84. The second kappa shape index (κ2) is 7.33. The van der Waals surface area contributed by atoms with Crippen LogP contribution in [0.1, 0.15) is 11.8 Å². The number of halogens is 3. The van der Waals surface area contributed by atoms with Gasteiger partial charge in [-0.05, 0) is 24.6 Å². The largest absolute Gasteiger partial charge is 0.323 e. The van der Waals surface area contributed by atoms with Crippen LogP contribution in [-0.2, 0) is 17.8 Å². The molecule has 25 heavy (non-hydrogen) atoms. The van der Waals surface area contributed by atoms with Crippen molar-refractivity contribution >= 4 is 68.0 Å². The van der Waals surface area contributed by atoms with Crippen LogP contribution in [-0.4, -0.2) is 15.5 Å². The Morgan fingerprint density at radius 3 is 2.64 bits per heavy atom. The number of hydrogen-bond donors (Lipinski definition) is 1. The van der Waals surface area contributed by atoms with Crippen molar-refractivity contribution in [2.45, 2.75) is 19.9 Å². The minimum atomic E-state index is -0.422. The van der Waals surface area contributed by atoms with Gasteiger partial charge in [-0.3, -0.25) is 14.2 Å². The number of hydrogen-bond acceptors (Lipinski definition) is 4. The summed E-state index contributed by atoms with van der Waals surface area (Å²) >= 11 is 19.3. The second-order valence-electron chi connectivity index (χ2n) is 5.26. The Kier molecular flexibility index (Phi) is 5.34. The van der Waals surface area contributed by atoms with Crippen molar-refractivity contribution in [3.05, 3.63) is 54.8 Å². The van der Waals surface area contributed by atoms with Crippen molar-refractivity contribution in [3.8, 4) is 0 Å². The predicted octanol–water partition coefficient (Wildman–Crippen LogP) is 4.62. The lowest BCUT2D eigenvalue weighted by molar-refractivity contribution is -0.116. The SMILES string of the molecule is CCc1cc2c(=O)n(CC(=O)Nc3cc(Cl)c(Cl)cc3Cl)cnc2s1. The summed E-state index contributed by atoms with van der Waals surface area (Å²) in [5, 5.41) is 3.96. The van der Waals surface area contributed by atoms with Crippen LogP contribution in [0.5, 0.6) is 0 Å². The van der Waals surface area contributed by atoms with Gasteiger partial charge in [0, 0.05) is 4.88 Å². The third kappa shape index (κ3) is 3.82. The highest BCUT2D eigenvalue weighted by Gasteiger charge is 2.13. The molecule has 0 aliphatic rings. The zero-order chi connectivity index (χ0) is 18.1. The summed E-state index contributed by atoms with van der Waals surface area (Å²) in [6.45, 7) is 1.83. The Hall–Kier alpha value is -1.60. The number of benzene rings is 1. The van der Waals surface area contributed by atoms with E-state index in [9.17, 15) is 9.59 Å². The normalized spacial score (nSPS) is 11.0. The van der Waals surface area contributed by atoms with Gasteiger partial charge in [0.2, 0.25) is 5.91 Å². The number of anilines is 1. The molecular weight excluding hydrogens is 405 g/mol. The topological polar surface area (TPSA) is 64.0 Å². The molecule has 0 spiro atoms. The number of carbonyl (C=O) groups excluding carboxylic acids is 1. The number of nitrogens with zero attached hydrogens (tertiary/aromatic N) is 2. The fourth-order valence-corrected chi connectivity index (χ4v) is 3.78. The van der Waals surface area contributed by atoms with Gasteiger partial charge in [-0.1, -0.05) is 41.7 Å². The summed E-state index contributed by atoms with van der Waals surface area (Å²) in [6, 6.07) is 4.72. The van der Waals surface area contributed by atoms with E-state index < -0.39 is 5.91 Å². The summed E-state index contributed by atoms with van der Waals surface area (Å²) in [7, 11) is 0. The lowest BCUT2D eigenvalue weighted by Gasteiger charge is -2.09. The average Bonchev–Trinajstić information content (AvgIpc) is 2.99. The molecule has 5 nitrogen and oxygen atoms in total. The Bertz CT molecular complexity index is 1030. The lowest BCUT2D eigenvalue weighted by Crippen LogP contribution is -2.27. The van der Waals surface area contributed by atoms with Gasteiger partial charge in [0.1, 0.15) is 11.4 Å². The van der Waals surface area contributed by atoms with Gasteiger partial charge < -0.3 is 5.32 Å². The molecule has 1 aromatic carbocycles.